The van der Waals surface area contributed by atoms with Gasteiger partial charge in [0, 0.05) is 6.20 Å². The molecule has 1 N–H and O–H groups in total. The third kappa shape index (κ3) is 4.15. The molecule has 0 aliphatic carbocycles. The van der Waals surface area contributed by atoms with E-state index in [9.17, 15) is 4.79 Å². The van der Waals surface area contributed by atoms with Crippen molar-refractivity contribution in [2.75, 3.05) is 5.32 Å². The maximum Gasteiger partial charge on any atom is 0.231 e. The second kappa shape index (κ2) is 7.02. The summed E-state index contributed by atoms with van der Waals surface area (Å²) in [5, 5.41) is 2.92. The molecule has 0 spiro atoms. The largest absolute Gasteiger partial charge is 0.324 e. The predicted octanol–water partition coefficient (Wildman–Crippen LogP) is 4.02. The fourth-order valence-corrected chi connectivity index (χ4v) is 2.41. The summed E-state index contributed by atoms with van der Waals surface area (Å²) in [7, 11) is 0. The van der Waals surface area contributed by atoms with E-state index in [0.29, 0.717) is 5.92 Å². The van der Waals surface area contributed by atoms with Gasteiger partial charge >= 0.3 is 0 Å². The molecular weight excluding hydrogens is 260 g/mol. The molecule has 0 saturated carbocycles. The average Bonchev–Trinajstić information content (AvgIpc) is 2.47. The minimum absolute atomic E-state index is 0.000735. The highest BCUT2D eigenvalue weighted by Crippen LogP contribution is 2.23. The van der Waals surface area contributed by atoms with Crippen LogP contribution in [0.3, 0.4) is 0 Å². The molecular formula is C18H22N2O. The number of hydrogen-bond donors (Lipinski definition) is 1. The number of anilines is 1. The highest BCUT2D eigenvalue weighted by atomic mass is 16.1. The SMILES string of the molecule is CC(C)Cc1ccccc1[C@@H](C)C(=O)Nc1cccnc1. The summed E-state index contributed by atoms with van der Waals surface area (Å²) in [6.07, 6.45) is 4.34. The first-order valence-corrected chi connectivity index (χ1v) is 7.36. The zero-order valence-corrected chi connectivity index (χ0v) is 12.8. The number of aromatic nitrogens is 1. The zero-order valence-electron chi connectivity index (χ0n) is 12.8. The number of pyridine rings is 1. The highest BCUT2D eigenvalue weighted by Gasteiger charge is 2.18. The molecule has 0 bridgehead atoms. The van der Waals surface area contributed by atoms with Gasteiger partial charge in [-0.1, -0.05) is 38.1 Å². The molecule has 0 saturated heterocycles. The van der Waals surface area contributed by atoms with E-state index in [1.807, 2.05) is 37.3 Å². The van der Waals surface area contributed by atoms with Crippen molar-refractivity contribution in [3.05, 3.63) is 59.9 Å². The molecule has 1 atom stereocenters. The van der Waals surface area contributed by atoms with Crippen LogP contribution in [-0.2, 0) is 11.2 Å². The monoisotopic (exact) mass is 282 g/mol. The smallest absolute Gasteiger partial charge is 0.231 e. The first kappa shape index (κ1) is 15.2. The van der Waals surface area contributed by atoms with Crippen LogP contribution >= 0.6 is 0 Å². The van der Waals surface area contributed by atoms with E-state index in [1.165, 1.54) is 5.56 Å². The molecule has 0 radical (unpaired) electrons. The molecule has 21 heavy (non-hydrogen) atoms. The molecule has 3 heteroatoms. The molecule has 110 valence electrons. The summed E-state index contributed by atoms with van der Waals surface area (Å²) in [6.45, 7) is 6.33. The third-order valence-electron chi connectivity index (χ3n) is 3.47. The van der Waals surface area contributed by atoms with E-state index in [-0.39, 0.29) is 11.8 Å². The lowest BCUT2D eigenvalue weighted by atomic mass is 9.90. The number of hydrogen-bond acceptors (Lipinski definition) is 2. The Kier molecular flexibility index (Phi) is 5.09. The van der Waals surface area contributed by atoms with Crippen molar-refractivity contribution in [1.29, 1.82) is 0 Å². The van der Waals surface area contributed by atoms with Gasteiger partial charge in [-0.2, -0.15) is 0 Å². The van der Waals surface area contributed by atoms with Crippen LogP contribution in [0.5, 0.6) is 0 Å². The minimum Gasteiger partial charge on any atom is -0.324 e. The van der Waals surface area contributed by atoms with Crippen molar-refractivity contribution < 1.29 is 4.79 Å². The van der Waals surface area contributed by atoms with E-state index in [4.69, 9.17) is 0 Å². The Morgan fingerprint density at radius 3 is 2.57 bits per heavy atom. The van der Waals surface area contributed by atoms with Crippen LogP contribution in [0.4, 0.5) is 5.69 Å². The number of rotatable bonds is 5. The summed E-state index contributed by atoms with van der Waals surface area (Å²) in [4.78, 5) is 16.4. The lowest BCUT2D eigenvalue weighted by Crippen LogP contribution is -2.20. The van der Waals surface area contributed by atoms with E-state index in [1.54, 1.807) is 12.4 Å². The van der Waals surface area contributed by atoms with Gasteiger partial charge in [-0.15, -0.1) is 0 Å². The van der Waals surface area contributed by atoms with Gasteiger partial charge in [-0.25, -0.2) is 0 Å². The Labute approximate surface area is 126 Å². The molecule has 0 unspecified atom stereocenters. The number of nitrogens with zero attached hydrogens (tertiary/aromatic N) is 1. The second-order valence-corrected chi connectivity index (χ2v) is 5.75. The van der Waals surface area contributed by atoms with Gasteiger partial charge in [0.2, 0.25) is 5.91 Å². The molecule has 1 aromatic carbocycles. The zero-order chi connectivity index (χ0) is 15.2. The molecule has 1 amide bonds. The van der Waals surface area contributed by atoms with E-state index < -0.39 is 0 Å². The number of benzene rings is 1. The Morgan fingerprint density at radius 1 is 1.14 bits per heavy atom. The number of amides is 1. The first-order chi connectivity index (χ1) is 10.1. The third-order valence-corrected chi connectivity index (χ3v) is 3.47. The first-order valence-electron chi connectivity index (χ1n) is 7.36. The molecule has 3 nitrogen and oxygen atoms in total. The van der Waals surface area contributed by atoms with Gasteiger partial charge in [0.15, 0.2) is 0 Å². The van der Waals surface area contributed by atoms with Crippen LogP contribution in [-0.4, -0.2) is 10.9 Å². The quantitative estimate of drug-likeness (QED) is 0.900. The molecule has 0 aliphatic heterocycles. The lowest BCUT2D eigenvalue weighted by Gasteiger charge is -2.17. The van der Waals surface area contributed by atoms with Crippen molar-refractivity contribution in [2.24, 2.45) is 5.92 Å². The minimum atomic E-state index is -0.180. The molecule has 2 rings (SSSR count). The van der Waals surface area contributed by atoms with Crippen molar-refractivity contribution >= 4 is 11.6 Å². The number of carbonyl (C=O) groups excluding carboxylic acids is 1. The fraction of sp³-hybridized carbons (Fsp3) is 0.333. The molecule has 2 aromatic rings. The molecule has 1 aromatic heterocycles. The van der Waals surface area contributed by atoms with Gasteiger partial charge in [-0.3, -0.25) is 9.78 Å². The maximum absolute atomic E-state index is 12.4. The second-order valence-electron chi connectivity index (χ2n) is 5.75. The maximum atomic E-state index is 12.4. The van der Waals surface area contributed by atoms with E-state index in [2.05, 4.69) is 30.2 Å². The van der Waals surface area contributed by atoms with Crippen LogP contribution in [0.2, 0.25) is 0 Å². The summed E-state index contributed by atoms with van der Waals surface area (Å²) in [5.41, 5.74) is 3.09. The normalized spacial score (nSPS) is 12.2. The standard InChI is InChI=1S/C18H22N2O/c1-13(2)11-15-7-4-5-9-17(15)14(3)18(21)20-16-8-6-10-19-12-16/h4-10,12-14H,11H2,1-3H3,(H,20,21)/t14-/m1/s1. The summed E-state index contributed by atoms with van der Waals surface area (Å²) in [6, 6.07) is 11.8. The van der Waals surface area contributed by atoms with Gasteiger partial charge < -0.3 is 5.32 Å². The molecule has 0 fully saturated rings. The van der Waals surface area contributed by atoms with Crippen LogP contribution in [0.1, 0.15) is 37.8 Å². The highest BCUT2D eigenvalue weighted by molar-refractivity contribution is 5.95. The Morgan fingerprint density at radius 2 is 1.90 bits per heavy atom. The summed E-state index contributed by atoms with van der Waals surface area (Å²) < 4.78 is 0. The van der Waals surface area contributed by atoms with Crippen LogP contribution in [0.25, 0.3) is 0 Å². The number of carbonyl (C=O) groups is 1. The predicted molar refractivity (Wildman–Crippen MR) is 86.3 cm³/mol. The topological polar surface area (TPSA) is 42.0 Å². The Hall–Kier alpha value is -2.16. The fourth-order valence-electron chi connectivity index (χ4n) is 2.41. The van der Waals surface area contributed by atoms with Crippen molar-refractivity contribution in [3.8, 4) is 0 Å². The van der Waals surface area contributed by atoms with Crippen LogP contribution in [0, 0.1) is 5.92 Å². The molecule has 0 aliphatic rings. The lowest BCUT2D eigenvalue weighted by molar-refractivity contribution is -0.117. The number of nitrogens with one attached hydrogen (secondary N) is 1. The Bertz CT molecular complexity index is 593. The Balaban J connectivity index is 2.16. The van der Waals surface area contributed by atoms with Gasteiger partial charge in [0.05, 0.1) is 17.8 Å². The van der Waals surface area contributed by atoms with Crippen LogP contribution in [0.15, 0.2) is 48.8 Å². The van der Waals surface area contributed by atoms with Crippen molar-refractivity contribution in [1.82, 2.24) is 4.98 Å². The van der Waals surface area contributed by atoms with Gasteiger partial charge in [-0.05, 0) is 42.5 Å². The van der Waals surface area contributed by atoms with Crippen LogP contribution < -0.4 is 5.32 Å². The van der Waals surface area contributed by atoms with Gasteiger partial charge in [0.1, 0.15) is 0 Å². The van der Waals surface area contributed by atoms with E-state index in [0.717, 1.165) is 17.7 Å². The molecule has 1 heterocycles. The van der Waals surface area contributed by atoms with Crippen molar-refractivity contribution in [2.45, 2.75) is 33.1 Å². The van der Waals surface area contributed by atoms with Crippen molar-refractivity contribution in [3.63, 3.8) is 0 Å². The van der Waals surface area contributed by atoms with E-state index >= 15 is 0 Å². The van der Waals surface area contributed by atoms with Gasteiger partial charge in [0.25, 0.3) is 0 Å². The summed E-state index contributed by atoms with van der Waals surface area (Å²) >= 11 is 0. The average molecular weight is 282 g/mol. The summed E-state index contributed by atoms with van der Waals surface area (Å²) in [5.74, 6) is 0.388.